The van der Waals surface area contributed by atoms with Gasteiger partial charge >= 0.3 is 5.97 Å². The van der Waals surface area contributed by atoms with Gasteiger partial charge in [0.25, 0.3) is 0 Å². The molecule has 0 radical (unpaired) electrons. The first-order valence-corrected chi connectivity index (χ1v) is 5.42. The third-order valence-electron chi connectivity index (χ3n) is 1.79. The van der Waals surface area contributed by atoms with Crippen LogP contribution in [0.15, 0.2) is 18.5 Å². The standard InChI is InChI=1S/C11H13ClN2O2/c1-2-3-6-16-10(15)5-4-9-7-13-11(12)14-8-9/h4-5,7-8H,2-3,6H2,1H3/b5-4+. The third-order valence-corrected chi connectivity index (χ3v) is 1.99. The Hall–Kier alpha value is -1.42. The molecule has 0 bridgehead atoms. The fourth-order valence-electron chi connectivity index (χ4n) is 0.938. The smallest absolute Gasteiger partial charge is 0.330 e. The maximum Gasteiger partial charge on any atom is 0.330 e. The molecule has 0 saturated heterocycles. The highest BCUT2D eigenvalue weighted by Gasteiger charge is 1.96. The SMILES string of the molecule is CCCCOC(=O)/C=C/c1cnc(Cl)nc1. The van der Waals surface area contributed by atoms with Crippen LogP contribution in [0.3, 0.4) is 0 Å². The topological polar surface area (TPSA) is 52.1 Å². The molecule has 0 aliphatic rings. The van der Waals surface area contributed by atoms with Gasteiger partial charge in [-0.15, -0.1) is 0 Å². The Morgan fingerprint density at radius 3 is 2.81 bits per heavy atom. The molecule has 1 rings (SSSR count). The van der Waals surface area contributed by atoms with E-state index in [-0.39, 0.29) is 11.3 Å². The summed E-state index contributed by atoms with van der Waals surface area (Å²) >= 11 is 5.52. The van der Waals surface area contributed by atoms with Crippen molar-refractivity contribution in [2.24, 2.45) is 0 Å². The van der Waals surface area contributed by atoms with Crippen LogP contribution in [0.25, 0.3) is 6.08 Å². The van der Waals surface area contributed by atoms with Crippen molar-refractivity contribution in [2.75, 3.05) is 6.61 Å². The van der Waals surface area contributed by atoms with E-state index in [4.69, 9.17) is 16.3 Å². The van der Waals surface area contributed by atoms with Crippen LogP contribution < -0.4 is 0 Å². The van der Waals surface area contributed by atoms with Crippen LogP contribution in [-0.4, -0.2) is 22.5 Å². The van der Waals surface area contributed by atoms with Gasteiger partial charge in [-0.3, -0.25) is 0 Å². The lowest BCUT2D eigenvalue weighted by Gasteiger charge is -1.98. The summed E-state index contributed by atoms with van der Waals surface area (Å²) in [5.41, 5.74) is 0.705. The molecule has 0 fully saturated rings. The van der Waals surface area contributed by atoms with Crippen molar-refractivity contribution < 1.29 is 9.53 Å². The van der Waals surface area contributed by atoms with E-state index in [1.54, 1.807) is 6.08 Å². The Bertz CT molecular complexity index is 363. The van der Waals surface area contributed by atoms with Crippen molar-refractivity contribution in [2.45, 2.75) is 19.8 Å². The largest absolute Gasteiger partial charge is 0.463 e. The summed E-state index contributed by atoms with van der Waals surface area (Å²) in [6, 6.07) is 0. The van der Waals surface area contributed by atoms with Crippen LogP contribution in [0.5, 0.6) is 0 Å². The van der Waals surface area contributed by atoms with Gasteiger partial charge in [-0.05, 0) is 24.1 Å². The summed E-state index contributed by atoms with van der Waals surface area (Å²) in [6.45, 7) is 2.49. The molecule has 0 spiro atoms. The van der Waals surface area contributed by atoms with Crippen LogP contribution >= 0.6 is 11.6 Å². The Kier molecular flexibility index (Phi) is 5.50. The quantitative estimate of drug-likeness (QED) is 0.343. The van der Waals surface area contributed by atoms with Crippen molar-refractivity contribution in [3.05, 3.63) is 29.3 Å². The number of rotatable bonds is 5. The molecule has 0 unspecified atom stereocenters. The molecule has 0 atom stereocenters. The van der Waals surface area contributed by atoms with Crippen LogP contribution in [0.1, 0.15) is 25.3 Å². The zero-order valence-corrected chi connectivity index (χ0v) is 9.78. The predicted molar refractivity (Wildman–Crippen MR) is 61.9 cm³/mol. The molecule has 1 aromatic heterocycles. The minimum absolute atomic E-state index is 0.183. The molecule has 1 aromatic rings. The predicted octanol–water partition coefficient (Wildman–Crippen LogP) is 2.49. The normalized spacial score (nSPS) is 10.6. The van der Waals surface area contributed by atoms with Gasteiger partial charge in [0.15, 0.2) is 0 Å². The highest BCUT2D eigenvalue weighted by atomic mass is 35.5. The minimum atomic E-state index is -0.358. The number of unbranched alkanes of at least 4 members (excludes halogenated alkanes) is 1. The van der Waals surface area contributed by atoms with E-state index in [2.05, 4.69) is 9.97 Å². The van der Waals surface area contributed by atoms with Crippen molar-refractivity contribution >= 4 is 23.6 Å². The number of hydrogen-bond acceptors (Lipinski definition) is 4. The summed E-state index contributed by atoms with van der Waals surface area (Å²) in [7, 11) is 0. The number of ether oxygens (including phenoxy) is 1. The van der Waals surface area contributed by atoms with E-state index >= 15 is 0 Å². The van der Waals surface area contributed by atoms with Gasteiger partial charge in [-0.2, -0.15) is 0 Å². The molecule has 0 aromatic carbocycles. The molecule has 0 aliphatic carbocycles. The number of hydrogen-bond donors (Lipinski definition) is 0. The second kappa shape index (κ2) is 6.95. The van der Waals surface area contributed by atoms with Crippen molar-refractivity contribution in [1.82, 2.24) is 9.97 Å². The van der Waals surface area contributed by atoms with Crippen LogP contribution in [0, 0.1) is 0 Å². The molecular weight excluding hydrogens is 228 g/mol. The Morgan fingerprint density at radius 2 is 2.19 bits per heavy atom. The second-order valence-corrected chi connectivity index (χ2v) is 3.48. The minimum Gasteiger partial charge on any atom is -0.463 e. The van der Waals surface area contributed by atoms with Crippen LogP contribution in [0.2, 0.25) is 5.28 Å². The highest BCUT2D eigenvalue weighted by Crippen LogP contribution is 2.02. The fourth-order valence-corrected chi connectivity index (χ4v) is 1.04. The van der Waals surface area contributed by atoms with E-state index in [9.17, 15) is 4.79 Å². The van der Waals surface area contributed by atoms with Crippen molar-refractivity contribution in [3.63, 3.8) is 0 Å². The molecule has 0 aliphatic heterocycles. The third kappa shape index (κ3) is 4.89. The van der Waals surface area contributed by atoms with E-state index in [0.717, 1.165) is 12.8 Å². The molecule has 0 saturated carbocycles. The van der Waals surface area contributed by atoms with E-state index in [0.29, 0.717) is 12.2 Å². The number of carbonyl (C=O) groups is 1. The van der Waals surface area contributed by atoms with Gasteiger partial charge in [-0.1, -0.05) is 13.3 Å². The highest BCUT2D eigenvalue weighted by molar-refractivity contribution is 6.28. The van der Waals surface area contributed by atoms with Gasteiger partial charge in [0.2, 0.25) is 5.28 Å². The molecular formula is C11H13ClN2O2. The van der Waals surface area contributed by atoms with Crippen molar-refractivity contribution in [1.29, 1.82) is 0 Å². The number of halogens is 1. The Labute approximate surface area is 99.3 Å². The average Bonchev–Trinajstić information content (AvgIpc) is 2.29. The maximum absolute atomic E-state index is 11.2. The summed E-state index contributed by atoms with van der Waals surface area (Å²) in [6.07, 6.45) is 7.88. The lowest BCUT2D eigenvalue weighted by atomic mass is 10.3. The number of carbonyl (C=O) groups excluding carboxylic acids is 1. The second-order valence-electron chi connectivity index (χ2n) is 3.14. The summed E-state index contributed by atoms with van der Waals surface area (Å²) in [5, 5.41) is 0.183. The van der Waals surface area contributed by atoms with E-state index in [1.807, 2.05) is 6.92 Å². The first-order valence-electron chi connectivity index (χ1n) is 5.04. The monoisotopic (exact) mass is 240 g/mol. The van der Waals surface area contributed by atoms with Gasteiger partial charge in [-0.25, -0.2) is 14.8 Å². The first kappa shape index (κ1) is 12.6. The average molecular weight is 241 g/mol. The molecule has 16 heavy (non-hydrogen) atoms. The van der Waals surface area contributed by atoms with Gasteiger partial charge in [0.05, 0.1) is 6.61 Å². The molecule has 0 amide bonds. The Balaban J connectivity index is 2.41. The Morgan fingerprint density at radius 1 is 1.50 bits per heavy atom. The molecule has 0 N–H and O–H groups in total. The van der Waals surface area contributed by atoms with E-state index < -0.39 is 0 Å². The zero-order valence-electron chi connectivity index (χ0n) is 9.02. The lowest BCUT2D eigenvalue weighted by Crippen LogP contribution is -2.01. The van der Waals surface area contributed by atoms with E-state index in [1.165, 1.54) is 18.5 Å². The lowest BCUT2D eigenvalue weighted by molar-refractivity contribution is -0.137. The summed E-state index contributed by atoms with van der Waals surface area (Å²) in [4.78, 5) is 18.7. The van der Waals surface area contributed by atoms with Crippen molar-refractivity contribution in [3.8, 4) is 0 Å². The summed E-state index contributed by atoms with van der Waals surface area (Å²) < 4.78 is 4.94. The first-order chi connectivity index (χ1) is 7.72. The van der Waals surface area contributed by atoms with Gasteiger partial charge < -0.3 is 4.74 Å². The van der Waals surface area contributed by atoms with Crippen LogP contribution in [-0.2, 0) is 9.53 Å². The zero-order chi connectivity index (χ0) is 11.8. The van der Waals surface area contributed by atoms with Gasteiger partial charge in [0, 0.05) is 24.0 Å². The maximum atomic E-state index is 11.2. The van der Waals surface area contributed by atoms with Gasteiger partial charge in [0.1, 0.15) is 0 Å². The number of aromatic nitrogens is 2. The molecule has 86 valence electrons. The number of nitrogens with zero attached hydrogens (tertiary/aromatic N) is 2. The summed E-state index contributed by atoms with van der Waals surface area (Å²) in [5.74, 6) is -0.358. The number of esters is 1. The molecule has 4 nitrogen and oxygen atoms in total. The van der Waals surface area contributed by atoms with Crippen LogP contribution in [0.4, 0.5) is 0 Å². The molecule has 1 heterocycles. The molecule has 5 heteroatoms. The fraction of sp³-hybridized carbons (Fsp3) is 0.364.